The zero-order valence-electron chi connectivity index (χ0n) is 14.1. The number of benzene rings is 2. The number of hydrogen-bond donors (Lipinski definition) is 2. The Hall–Kier alpha value is -2.04. The molecule has 0 amide bonds. The van der Waals surface area contributed by atoms with Gasteiger partial charge in [0.1, 0.15) is 5.69 Å². The van der Waals surface area contributed by atoms with Crippen LogP contribution in [0.5, 0.6) is 0 Å². The van der Waals surface area contributed by atoms with Crippen molar-refractivity contribution < 1.29 is 17.5 Å². The van der Waals surface area contributed by atoms with E-state index < -0.39 is 0 Å². The van der Waals surface area contributed by atoms with Gasteiger partial charge in [0.05, 0.1) is 0 Å². The summed E-state index contributed by atoms with van der Waals surface area (Å²) in [5, 5.41) is 7.92. The van der Waals surface area contributed by atoms with Crippen molar-refractivity contribution in [3.05, 3.63) is 60.7 Å². The van der Waals surface area contributed by atoms with E-state index in [0.717, 1.165) is 28.7 Å². The van der Waals surface area contributed by atoms with Gasteiger partial charge in [0.2, 0.25) is 0 Å². The van der Waals surface area contributed by atoms with Gasteiger partial charge in [-0.3, -0.25) is 0 Å². The molecule has 1 atom stereocenters. The first-order valence-corrected chi connectivity index (χ1v) is 8.50. The molecule has 1 aliphatic rings. The highest BCUT2D eigenvalue weighted by molar-refractivity contribution is 5.84. The first kappa shape index (κ1) is 18.3. The van der Waals surface area contributed by atoms with E-state index in [0.29, 0.717) is 0 Å². The Morgan fingerprint density at radius 3 is 2.25 bits per heavy atom. The lowest BCUT2D eigenvalue weighted by atomic mass is 10.1. The van der Waals surface area contributed by atoms with Crippen molar-refractivity contribution in [1.82, 2.24) is 5.43 Å². The Balaban J connectivity index is 0.00000208. The molecule has 1 unspecified atom stereocenters. The van der Waals surface area contributed by atoms with Crippen molar-refractivity contribution in [2.75, 3.05) is 5.12 Å². The van der Waals surface area contributed by atoms with Crippen LogP contribution in [-0.4, -0.2) is 5.84 Å². The number of halogens is 1. The Morgan fingerprint density at radius 1 is 0.917 bits per heavy atom. The number of para-hydroxylation sites is 1. The zero-order chi connectivity index (χ0) is 15.9. The monoisotopic (exact) mass is 344 g/mol. The smallest absolute Gasteiger partial charge is 0.184 e. The number of quaternary nitrogens is 1. The van der Waals surface area contributed by atoms with E-state index in [1.807, 2.05) is 12.1 Å². The molecular formula is C19H25ClN4. The van der Waals surface area contributed by atoms with Crippen molar-refractivity contribution in [2.45, 2.75) is 39.0 Å². The molecule has 24 heavy (non-hydrogen) atoms. The molecule has 5 heteroatoms. The Labute approximate surface area is 150 Å². The van der Waals surface area contributed by atoms with Crippen LogP contribution in [0.3, 0.4) is 0 Å². The van der Waals surface area contributed by atoms with E-state index >= 15 is 0 Å². The molecule has 0 fully saturated rings. The molecule has 128 valence electrons. The van der Waals surface area contributed by atoms with Crippen molar-refractivity contribution in [3.63, 3.8) is 0 Å². The summed E-state index contributed by atoms with van der Waals surface area (Å²) < 4.78 is 0. The summed E-state index contributed by atoms with van der Waals surface area (Å²) >= 11 is 0. The fourth-order valence-electron chi connectivity index (χ4n) is 2.76. The van der Waals surface area contributed by atoms with Crippen LogP contribution in [0.1, 0.15) is 39.0 Å². The Kier molecular flexibility index (Phi) is 7.09. The van der Waals surface area contributed by atoms with Gasteiger partial charge in [-0.15, -0.1) is 0 Å². The average molecular weight is 345 g/mol. The number of unbranched alkanes of at least 4 members (excludes halogenated alkanes) is 3. The molecule has 0 saturated heterocycles. The van der Waals surface area contributed by atoms with Gasteiger partial charge in [0.15, 0.2) is 11.5 Å². The molecule has 0 spiro atoms. The molecule has 0 radical (unpaired) electrons. The summed E-state index contributed by atoms with van der Waals surface area (Å²) in [5.41, 5.74) is 5.72. The van der Waals surface area contributed by atoms with Crippen molar-refractivity contribution in [1.29, 1.82) is 0 Å². The molecule has 0 saturated carbocycles. The van der Waals surface area contributed by atoms with E-state index in [9.17, 15) is 0 Å². The number of anilines is 1. The first-order valence-electron chi connectivity index (χ1n) is 8.50. The number of rotatable bonds is 7. The van der Waals surface area contributed by atoms with Gasteiger partial charge >= 0.3 is 0 Å². The van der Waals surface area contributed by atoms with Crippen molar-refractivity contribution in [3.8, 4) is 0 Å². The lowest BCUT2D eigenvalue weighted by Crippen LogP contribution is -3.10. The van der Waals surface area contributed by atoms with Crippen molar-refractivity contribution in [2.24, 2.45) is 5.10 Å². The van der Waals surface area contributed by atoms with E-state index in [2.05, 4.69) is 66.0 Å². The topological polar surface area (TPSA) is 32.1 Å². The number of hydrazine groups is 1. The lowest BCUT2D eigenvalue weighted by Gasteiger charge is -2.21. The Bertz CT molecular complexity index is 630. The molecule has 3 rings (SSSR count). The van der Waals surface area contributed by atoms with E-state index in [4.69, 9.17) is 5.10 Å². The number of amidine groups is 1. The van der Waals surface area contributed by atoms with Gasteiger partial charge in [-0.1, -0.05) is 72.8 Å². The standard InChI is InChI=1S/C19H24N4.ClH/c1-2-3-4-11-16-19-20-22(17-12-7-5-8-13-17)23(21-19)18-14-9-6-10-15-18;/h5-10,12-15H,2-4,11,16H2,1H3,(H,20,21);1H. The van der Waals surface area contributed by atoms with Gasteiger partial charge in [-0.25, -0.2) is 5.43 Å². The molecular weight excluding hydrogens is 320 g/mol. The maximum absolute atomic E-state index is 4.86. The van der Waals surface area contributed by atoms with Crippen LogP contribution < -0.4 is 28.1 Å². The maximum Gasteiger partial charge on any atom is 0.184 e. The normalized spacial score (nSPS) is 16.3. The van der Waals surface area contributed by atoms with E-state index in [1.54, 1.807) is 0 Å². The zero-order valence-corrected chi connectivity index (χ0v) is 14.8. The third-order valence-corrected chi connectivity index (χ3v) is 4.01. The summed E-state index contributed by atoms with van der Waals surface area (Å²) in [6.45, 7) is 2.24. The fourth-order valence-corrected chi connectivity index (χ4v) is 2.76. The highest BCUT2D eigenvalue weighted by atomic mass is 35.5. The van der Waals surface area contributed by atoms with Crippen molar-refractivity contribution >= 4 is 17.2 Å². The van der Waals surface area contributed by atoms with Gasteiger partial charge in [0.25, 0.3) is 0 Å². The molecule has 1 heterocycles. The molecule has 2 aromatic rings. The SMILES string of the molecule is CCCCCCC1=N[NH+](c2ccccc2)N(c2ccccc2)N1.[Cl-]. The number of hydrogen-bond acceptors (Lipinski definition) is 3. The Morgan fingerprint density at radius 2 is 1.58 bits per heavy atom. The summed E-state index contributed by atoms with van der Waals surface area (Å²) in [6, 6.07) is 20.7. The van der Waals surface area contributed by atoms with Gasteiger partial charge in [-0.2, -0.15) is 0 Å². The van der Waals surface area contributed by atoms with Gasteiger partial charge in [0, 0.05) is 18.6 Å². The minimum absolute atomic E-state index is 0. The lowest BCUT2D eigenvalue weighted by molar-refractivity contribution is -0.846. The van der Waals surface area contributed by atoms with Crippen LogP contribution in [0.4, 0.5) is 11.4 Å². The summed E-state index contributed by atoms with van der Waals surface area (Å²) in [4.78, 5) is 0. The van der Waals surface area contributed by atoms with Crippen LogP contribution in [0, 0.1) is 0 Å². The van der Waals surface area contributed by atoms with Crippen LogP contribution in [0.25, 0.3) is 0 Å². The quantitative estimate of drug-likeness (QED) is 0.714. The second kappa shape index (κ2) is 9.30. The van der Waals surface area contributed by atoms with E-state index in [-0.39, 0.29) is 12.4 Å². The number of nitrogens with one attached hydrogen (secondary N) is 2. The molecule has 2 N–H and O–H groups in total. The molecule has 4 nitrogen and oxygen atoms in total. The predicted octanol–water partition coefficient (Wildman–Crippen LogP) is 0.431. The second-order valence-electron chi connectivity index (χ2n) is 5.84. The third-order valence-electron chi connectivity index (χ3n) is 4.01. The second-order valence-corrected chi connectivity index (χ2v) is 5.84. The first-order chi connectivity index (χ1) is 11.4. The predicted molar refractivity (Wildman–Crippen MR) is 95.3 cm³/mol. The summed E-state index contributed by atoms with van der Waals surface area (Å²) in [5.74, 6) is 1.06. The largest absolute Gasteiger partial charge is 1.00 e. The van der Waals surface area contributed by atoms with Crippen LogP contribution in [0.2, 0.25) is 0 Å². The molecule has 2 aromatic carbocycles. The fraction of sp³-hybridized carbons (Fsp3) is 0.316. The summed E-state index contributed by atoms with van der Waals surface area (Å²) in [7, 11) is 0. The van der Waals surface area contributed by atoms with Crippen LogP contribution in [0.15, 0.2) is 65.8 Å². The average Bonchev–Trinajstić information content (AvgIpc) is 3.05. The highest BCUT2D eigenvalue weighted by Crippen LogP contribution is 2.13. The van der Waals surface area contributed by atoms with Crippen LogP contribution in [-0.2, 0) is 0 Å². The molecule has 0 aromatic heterocycles. The summed E-state index contributed by atoms with van der Waals surface area (Å²) in [6.07, 6.45) is 6.01. The minimum Gasteiger partial charge on any atom is -1.00 e. The maximum atomic E-state index is 4.86. The van der Waals surface area contributed by atoms with Gasteiger partial charge in [-0.05, 0) is 23.7 Å². The molecule has 1 aliphatic heterocycles. The van der Waals surface area contributed by atoms with Crippen LogP contribution >= 0.6 is 0 Å². The van der Waals surface area contributed by atoms with E-state index in [1.165, 1.54) is 25.7 Å². The highest BCUT2D eigenvalue weighted by Gasteiger charge is 2.30. The van der Waals surface area contributed by atoms with Gasteiger partial charge < -0.3 is 12.4 Å². The molecule has 0 aliphatic carbocycles. The molecule has 0 bridgehead atoms. The third kappa shape index (κ3) is 4.49. The number of nitrogens with zero attached hydrogens (tertiary/aromatic N) is 2. The minimum atomic E-state index is 0.